The maximum Gasteiger partial charge on any atom is 0.247 e. The van der Waals surface area contributed by atoms with Gasteiger partial charge in [0.1, 0.15) is 0 Å². The number of rotatable bonds is 5. The molecule has 0 unspecified atom stereocenters. The van der Waals surface area contributed by atoms with Gasteiger partial charge in [-0.05, 0) is 17.7 Å². The van der Waals surface area contributed by atoms with Crippen molar-refractivity contribution < 1.29 is 16.8 Å². The Balaban J connectivity index is 2.83. The van der Waals surface area contributed by atoms with Crippen LogP contribution >= 0.6 is 11.6 Å². The summed E-state index contributed by atoms with van der Waals surface area (Å²) in [6, 6.07) is 6.37. The third-order valence-electron chi connectivity index (χ3n) is 1.75. The van der Waals surface area contributed by atoms with Crippen molar-refractivity contribution in [2.75, 3.05) is 16.1 Å². The summed E-state index contributed by atoms with van der Waals surface area (Å²) in [7, 11) is -7.47. The van der Waals surface area contributed by atoms with Gasteiger partial charge in [0, 0.05) is 17.8 Å². The van der Waals surface area contributed by atoms with Crippen LogP contribution in [0.2, 0.25) is 0 Å². The highest BCUT2D eigenvalue weighted by Crippen LogP contribution is 2.13. The summed E-state index contributed by atoms with van der Waals surface area (Å²) in [4.78, 5) is 0. The van der Waals surface area contributed by atoms with Crippen molar-refractivity contribution in [3.8, 4) is 0 Å². The molecule has 0 saturated carbocycles. The number of sulfone groups is 1. The quantitative estimate of drug-likeness (QED) is 0.827. The van der Waals surface area contributed by atoms with Crippen molar-refractivity contribution in [2.45, 2.75) is 5.88 Å². The van der Waals surface area contributed by atoms with E-state index in [4.69, 9.17) is 11.6 Å². The van der Waals surface area contributed by atoms with Gasteiger partial charge in [-0.25, -0.2) is 16.8 Å². The molecule has 1 aromatic rings. The summed E-state index contributed by atoms with van der Waals surface area (Å²) < 4.78 is 46.9. The second-order valence-electron chi connectivity index (χ2n) is 3.59. The molecule has 0 radical (unpaired) electrons. The molecule has 0 aromatic heterocycles. The molecule has 0 spiro atoms. The fourth-order valence-electron chi connectivity index (χ4n) is 1.15. The Hall–Kier alpha value is -0.790. The summed E-state index contributed by atoms with van der Waals surface area (Å²) in [5, 5.41) is -0.933. The van der Waals surface area contributed by atoms with Crippen LogP contribution in [0.25, 0.3) is 0 Å². The van der Waals surface area contributed by atoms with Crippen LogP contribution in [-0.2, 0) is 25.7 Å². The molecule has 0 atom stereocenters. The molecule has 0 fully saturated rings. The Morgan fingerprint density at radius 3 is 2.06 bits per heavy atom. The molecule has 0 saturated heterocycles. The van der Waals surface area contributed by atoms with Gasteiger partial charge >= 0.3 is 0 Å². The number of sulfonamides is 1. The topological polar surface area (TPSA) is 80.3 Å². The maximum absolute atomic E-state index is 11.5. The lowest BCUT2D eigenvalue weighted by Crippen LogP contribution is -2.22. The van der Waals surface area contributed by atoms with E-state index in [2.05, 4.69) is 4.72 Å². The molecule has 0 aliphatic rings. The molecule has 1 aromatic carbocycles. The second kappa shape index (κ2) is 5.24. The van der Waals surface area contributed by atoms with Crippen molar-refractivity contribution in [1.29, 1.82) is 0 Å². The molecule has 5 nitrogen and oxygen atoms in total. The SMILES string of the molecule is CS(=O)(=O)CS(=O)(=O)Nc1ccc(CCl)cc1. The Labute approximate surface area is 106 Å². The van der Waals surface area contributed by atoms with Gasteiger partial charge in [-0.1, -0.05) is 12.1 Å². The van der Waals surface area contributed by atoms with E-state index in [0.717, 1.165) is 11.8 Å². The lowest BCUT2D eigenvalue weighted by Gasteiger charge is -2.07. The highest BCUT2D eigenvalue weighted by atomic mass is 35.5. The zero-order valence-electron chi connectivity index (χ0n) is 9.05. The normalized spacial score (nSPS) is 12.4. The van der Waals surface area contributed by atoms with E-state index in [9.17, 15) is 16.8 Å². The summed E-state index contributed by atoms with van der Waals surface area (Å²) in [5.41, 5.74) is 1.15. The monoisotopic (exact) mass is 297 g/mol. The molecular weight excluding hydrogens is 286 g/mol. The van der Waals surface area contributed by atoms with Crippen molar-refractivity contribution in [2.24, 2.45) is 0 Å². The number of alkyl halides is 1. The highest BCUT2D eigenvalue weighted by molar-refractivity contribution is 8.08. The van der Waals surface area contributed by atoms with Gasteiger partial charge in [0.15, 0.2) is 14.9 Å². The first kappa shape index (κ1) is 14.3. The predicted octanol–water partition coefficient (Wildman–Crippen LogP) is 1.17. The standard InChI is InChI=1S/C9H12ClNO4S2/c1-16(12,13)7-17(14,15)11-9-4-2-8(6-10)3-5-9/h2-5,11H,6-7H2,1H3. The first-order chi connectivity index (χ1) is 7.72. The first-order valence-electron chi connectivity index (χ1n) is 4.55. The van der Waals surface area contributed by atoms with Gasteiger partial charge in [0.2, 0.25) is 10.0 Å². The molecule has 17 heavy (non-hydrogen) atoms. The summed E-state index contributed by atoms with van der Waals surface area (Å²) in [6.07, 6.45) is 0.864. The molecule has 0 amide bonds. The van der Waals surface area contributed by atoms with Crippen LogP contribution in [-0.4, -0.2) is 28.2 Å². The van der Waals surface area contributed by atoms with Crippen LogP contribution in [0.3, 0.4) is 0 Å². The Kier molecular flexibility index (Phi) is 4.40. The average molecular weight is 298 g/mol. The van der Waals surface area contributed by atoms with E-state index in [1.807, 2.05) is 0 Å². The minimum Gasteiger partial charge on any atom is -0.283 e. The van der Waals surface area contributed by atoms with Crippen LogP contribution in [0, 0.1) is 0 Å². The summed E-state index contributed by atoms with van der Waals surface area (Å²) in [5.74, 6) is 0.330. The molecule has 1 rings (SSSR count). The van der Waals surface area contributed by atoms with E-state index < -0.39 is 24.9 Å². The molecule has 0 aliphatic heterocycles. The summed E-state index contributed by atoms with van der Waals surface area (Å²) >= 11 is 5.58. The van der Waals surface area contributed by atoms with E-state index in [0.29, 0.717) is 11.6 Å². The number of nitrogens with one attached hydrogen (secondary N) is 1. The average Bonchev–Trinajstić information content (AvgIpc) is 2.14. The van der Waals surface area contributed by atoms with Crippen LogP contribution in [0.1, 0.15) is 5.56 Å². The molecule has 8 heteroatoms. The van der Waals surface area contributed by atoms with Gasteiger partial charge < -0.3 is 0 Å². The molecule has 0 heterocycles. The van der Waals surface area contributed by atoms with Gasteiger partial charge in [-0.3, -0.25) is 4.72 Å². The zero-order chi connectivity index (χ0) is 13.1. The van der Waals surface area contributed by atoms with Crippen LogP contribution in [0.15, 0.2) is 24.3 Å². The van der Waals surface area contributed by atoms with Gasteiger partial charge in [-0.2, -0.15) is 0 Å². The second-order valence-corrected chi connectivity index (χ2v) is 8.09. The molecule has 1 N–H and O–H groups in total. The lowest BCUT2D eigenvalue weighted by atomic mass is 10.2. The summed E-state index contributed by atoms with van der Waals surface area (Å²) in [6.45, 7) is 0. The number of hydrogen-bond donors (Lipinski definition) is 1. The fraction of sp³-hybridized carbons (Fsp3) is 0.333. The van der Waals surface area contributed by atoms with Crippen molar-refractivity contribution in [3.05, 3.63) is 29.8 Å². The van der Waals surface area contributed by atoms with Crippen molar-refractivity contribution in [3.63, 3.8) is 0 Å². The van der Waals surface area contributed by atoms with Crippen LogP contribution in [0.4, 0.5) is 5.69 Å². The van der Waals surface area contributed by atoms with E-state index in [1.165, 1.54) is 12.1 Å². The third kappa shape index (κ3) is 5.38. The lowest BCUT2D eigenvalue weighted by molar-refractivity contribution is 0.595. The number of hydrogen-bond acceptors (Lipinski definition) is 4. The smallest absolute Gasteiger partial charge is 0.247 e. The first-order valence-corrected chi connectivity index (χ1v) is 8.80. The van der Waals surface area contributed by atoms with Crippen molar-refractivity contribution >= 4 is 37.1 Å². The molecule has 0 aliphatic carbocycles. The maximum atomic E-state index is 11.5. The van der Waals surface area contributed by atoms with Crippen molar-refractivity contribution in [1.82, 2.24) is 0 Å². The van der Waals surface area contributed by atoms with E-state index >= 15 is 0 Å². The molecular formula is C9H12ClNO4S2. The highest BCUT2D eigenvalue weighted by Gasteiger charge is 2.17. The minimum absolute atomic E-state index is 0.308. The molecule has 0 bridgehead atoms. The number of anilines is 1. The van der Waals surface area contributed by atoms with E-state index in [-0.39, 0.29) is 0 Å². The van der Waals surface area contributed by atoms with E-state index in [1.54, 1.807) is 12.1 Å². The van der Waals surface area contributed by atoms with Gasteiger partial charge in [0.25, 0.3) is 0 Å². The largest absolute Gasteiger partial charge is 0.283 e. The Bertz CT molecular complexity index is 578. The van der Waals surface area contributed by atoms with Gasteiger partial charge in [0.05, 0.1) is 0 Å². The fourth-order valence-corrected chi connectivity index (χ4v) is 4.32. The molecule has 96 valence electrons. The predicted molar refractivity (Wildman–Crippen MR) is 68.3 cm³/mol. The van der Waals surface area contributed by atoms with Crippen LogP contribution in [0.5, 0.6) is 0 Å². The number of halogens is 1. The third-order valence-corrected chi connectivity index (χ3v) is 5.56. The minimum atomic E-state index is -3.88. The number of benzene rings is 1. The Morgan fingerprint density at radius 2 is 1.65 bits per heavy atom. The van der Waals surface area contributed by atoms with Crippen LogP contribution < -0.4 is 4.72 Å². The van der Waals surface area contributed by atoms with Gasteiger partial charge in [-0.15, -0.1) is 11.6 Å². The zero-order valence-corrected chi connectivity index (χ0v) is 11.4. The Morgan fingerprint density at radius 1 is 1.12 bits per heavy atom.